The zero-order valence-corrected chi connectivity index (χ0v) is 13.3. The summed E-state index contributed by atoms with van der Waals surface area (Å²) >= 11 is 3.41. The minimum Gasteiger partial charge on any atom is -0.330 e. The Morgan fingerprint density at radius 1 is 1.42 bits per heavy atom. The van der Waals surface area contributed by atoms with E-state index < -0.39 is 0 Å². The number of halogens is 1. The van der Waals surface area contributed by atoms with E-state index in [4.69, 9.17) is 5.73 Å². The van der Waals surface area contributed by atoms with E-state index in [0.717, 1.165) is 35.0 Å². The van der Waals surface area contributed by atoms with E-state index in [9.17, 15) is 4.79 Å². The molecule has 0 radical (unpaired) electrons. The summed E-state index contributed by atoms with van der Waals surface area (Å²) in [5.74, 6) is 0.635. The van der Waals surface area contributed by atoms with Gasteiger partial charge in [-0.05, 0) is 49.9 Å². The smallest absolute Gasteiger partial charge is 0.224 e. The Morgan fingerprint density at radius 2 is 2.16 bits per heavy atom. The summed E-state index contributed by atoms with van der Waals surface area (Å²) < 4.78 is 0.975. The molecule has 1 atom stereocenters. The van der Waals surface area contributed by atoms with Gasteiger partial charge >= 0.3 is 0 Å². The molecule has 0 aliphatic carbocycles. The van der Waals surface area contributed by atoms with Crippen molar-refractivity contribution in [3.8, 4) is 0 Å². The normalized spacial score (nSPS) is 12.2. The number of aryl methyl sites for hydroxylation is 1. The molecule has 1 rings (SSSR count). The number of carbonyl (C=O) groups is 1. The number of benzene rings is 1. The molecule has 19 heavy (non-hydrogen) atoms. The molecule has 3 N–H and O–H groups in total. The van der Waals surface area contributed by atoms with Crippen LogP contribution in [-0.4, -0.2) is 12.5 Å². The van der Waals surface area contributed by atoms with Crippen molar-refractivity contribution in [3.05, 3.63) is 28.2 Å². The number of nitrogens with one attached hydrogen (secondary N) is 1. The molecule has 4 heteroatoms. The fourth-order valence-corrected chi connectivity index (χ4v) is 2.43. The maximum Gasteiger partial charge on any atom is 0.224 e. The number of hydrogen-bond acceptors (Lipinski definition) is 2. The van der Waals surface area contributed by atoms with Crippen molar-refractivity contribution in [2.24, 2.45) is 11.7 Å². The molecule has 0 saturated heterocycles. The van der Waals surface area contributed by atoms with Crippen molar-refractivity contribution < 1.29 is 4.79 Å². The van der Waals surface area contributed by atoms with Crippen molar-refractivity contribution in [1.82, 2.24) is 0 Å². The van der Waals surface area contributed by atoms with E-state index >= 15 is 0 Å². The topological polar surface area (TPSA) is 55.1 Å². The minimum atomic E-state index is 0.0803. The van der Waals surface area contributed by atoms with E-state index in [1.807, 2.05) is 25.1 Å². The maximum atomic E-state index is 11.9. The molecule has 1 aromatic carbocycles. The fraction of sp³-hybridized carbons (Fsp3) is 0.533. The molecule has 0 heterocycles. The second kappa shape index (κ2) is 8.33. The third kappa shape index (κ3) is 5.74. The first kappa shape index (κ1) is 16.2. The van der Waals surface area contributed by atoms with Gasteiger partial charge in [0.2, 0.25) is 5.91 Å². The molecule has 0 aliphatic heterocycles. The lowest BCUT2D eigenvalue weighted by molar-refractivity contribution is -0.116. The van der Waals surface area contributed by atoms with Gasteiger partial charge < -0.3 is 11.1 Å². The zero-order valence-electron chi connectivity index (χ0n) is 11.7. The molecule has 0 saturated carbocycles. The third-order valence-electron chi connectivity index (χ3n) is 3.41. The van der Waals surface area contributed by atoms with Crippen LogP contribution in [0.5, 0.6) is 0 Å². The molecular weight excluding hydrogens is 304 g/mol. The molecule has 3 nitrogen and oxygen atoms in total. The summed E-state index contributed by atoms with van der Waals surface area (Å²) in [7, 11) is 0. The van der Waals surface area contributed by atoms with Crippen molar-refractivity contribution in [1.29, 1.82) is 0 Å². The van der Waals surface area contributed by atoms with E-state index in [-0.39, 0.29) is 5.91 Å². The maximum absolute atomic E-state index is 11.9. The van der Waals surface area contributed by atoms with Gasteiger partial charge in [0.1, 0.15) is 0 Å². The highest BCUT2D eigenvalue weighted by atomic mass is 79.9. The van der Waals surface area contributed by atoms with Crippen molar-refractivity contribution >= 4 is 27.5 Å². The molecule has 1 aromatic rings. The first-order chi connectivity index (χ1) is 9.06. The Labute approximate surface area is 124 Å². The Kier molecular flexibility index (Phi) is 7.10. The van der Waals surface area contributed by atoms with Crippen LogP contribution < -0.4 is 11.1 Å². The fourth-order valence-electron chi connectivity index (χ4n) is 2.07. The predicted molar refractivity (Wildman–Crippen MR) is 84.2 cm³/mol. The molecule has 0 bridgehead atoms. The number of carbonyl (C=O) groups excluding carboxylic acids is 1. The van der Waals surface area contributed by atoms with Crippen LogP contribution in [0.2, 0.25) is 0 Å². The molecule has 0 aromatic heterocycles. The van der Waals surface area contributed by atoms with E-state index in [0.29, 0.717) is 18.9 Å². The van der Waals surface area contributed by atoms with Gasteiger partial charge in [-0.2, -0.15) is 0 Å². The average Bonchev–Trinajstić information content (AvgIpc) is 2.39. The SMILES string of the molecule is CCC(CCN)CCC(=O)Nc1cc(Br)ccc1C. The van der Waals surface area contributed by atoms with Crippen LogP contribution in [0.15, 0.2) is 22.7 Å². The van der Waals surface area contributed by atoms with E-state index in [1.165, 1.54) is 0 Å². The molecule has 1 amide bonds. The van der Waals surface area contributed by atoms with E-state index in [1.54, 1.807) is 0 Å². The van der Waals surface area contributed by atoms with Crippen LogP contribution in [-0.2, 0) is 4.79 Å². The van der Waals surface area contributed by atoms with Crippen LogP contribution in [0.3, 0.4) is 0 Å². The largest absolute Gasteiger partial charge is 0.330 e. The van der Waals surface area contributed by atoms with Crippen LogP contribution >= 0.6 is 15.9 Å². The summed E-state index contributed by atoms with van der Waals surface area (Å²) in [6.45, 7) is 4.84. The van der Waals surface area contributed by atoms with Gasteiger partial charge in [-0.3, -0.25) is 4.79 Å². The molecule has 106 valence electrons. The van der Waals surface area contributed by atoms with Gasteiger partial charge in [-0.15, -0.1) is 0 Å². The third-order valence-corrected chi connectivity index (χ3v) is 3.90. The van der Waals surface area contributed by atoms with Gasteiger partial charge in [-0.25, -0.2) is 0 Å². The Balaban J connectivity index is 2.48. The van der Waals surface area contributed by atoms with Crippen LogP contribution in [0.25, 0.3) is 0 Å². The van der Waals surface area contributed by atoms with Gasteiger partial charge in [0, 0.05) is 16.6 Å². The zero-order chi connectivity index (χ0) is 14.3. The monoisotopic (exact) mass is 326 g/mol. The first-order valence-corrected chi connectivity index (χ1v) is 7.62. The number of amides is 1. The lowest BCUT2D eigenvalue weighted by atomic mass is 9.96. The van der Waals surface area contributed by atoms with Gasteiger partial charge in [-0.1, -0.05) is 35.3 Å². The lowest BCUT2D eigenvalue weighted by Crippen LogP contribution is -2.15. The van der Waals surface area contributed by atoms with E-state index in [2.05, 4.69) is 28.2 Å². The number of anilines is 1. The quantitative estimate of drug-likeness (QED) is 0.799. The van der Waals surface area contributed by atoms with Gasteiger partial charge in [0.25, 0.3) is 0 Å². The van der Waals surface area contributed by atoms with Crippen LogP contribution in [0.4, 0.5) is 5.69 Å². The summed E-state index contributed by atoms with van der Waals surface area (Å²) in [5.41, 5.74) is 7.52. The minimum absolute atomic E-state index is 0.0803. The van der Waals surface area contributed by atoms with Crippen LogP contribution in [0, 0.1) is 12.8 Å². The summed E-state index contributed by atoms with van der Waals surface area (Å²) in [6.07, 6.45) is 3.55. The highest BCUT2D eigenvalue weighted by Crippen LogP contribution is 2.21. The van der Waals surface area contributed by atoms with Gasteiger partial charge in [0.15, 0.2) is 0 Å². The highest BCUT2D eigenvalue weighted by molar-refractivity contribution is 9.10. The molecule has 0 fully saturated rings. The molecule has 0 aliphatic rings. The lowest BCUT2D eigenvalue weighted by Gasteiger charge is -2.14. The summed E-state index contributed by atoms with van der Waals surface area (Å²) in [4.78, 5) is 11.9. The van der Waals surface area contributed by atoms with Crippen molar-refractivity contribution in [2.75, 3.05) is 11.9 Å². The van der Waals surface area contributed by atoms with Crippen LogP contribution in [0.1, 0.15) is 38.2 Å². The summed E-state index contributed by atoms with van der Waals surface area (Å²) in [6, 6.07) is 5.90. The number of nitrogens with two attached hydrogens (primary N) is 1. The van der Waals surface area contributed by atoms with Crippen molar-refractivity contribution in [2.45, 2.75) is 39.5 Å². The average molecular weight is 327 g/mol. The second-order valence-electron chi connectivity index (χ2n) is 4.90. The number of rotatable bonds is 7. The second-order valence-corrected chi connectivity index (χ2v) is 5.81. The first-order valence-electron chi connectivity index (χ1n) is 6.82. The summed E-state index contributed by atoms with van der Waals surface area (Å²) in [5, 5.41) is 2.97. The highest BCUT2D eigenvalue weighted by Gasteiger charge is 2.10. The molecular formula is C15H23BrN2O. The Morgan fingerprint density at radius 3 is 2.79 bits per heavy atom. The van der Waals surface area contributed by atoms with Gasteiger partial charge in [0.05, 0.1) is 0 Å². The standard InChI is InChI=1S/C15H23BrN2O/c1-3-12(8-9-17)5-7-15(19)18-14-10-13(16)6-4-11(14)2/h4,6,10,12H,3,5,7-9,17H2,1-2H3,(H,18,19). The van der Waals surface area contributed by atoms with Crippen molar-refractivity contribution in [3.63, 3.8) is 0 Å². The number of hydrogen-bond donors (Lipinski definition) is 2. The Bertz CT molecular complexity index is 421. The Hall–Kier alpha value is -0.870. The molecule has 1 unspecified atom stereocenters. The predicted octanol–water partition coefficient (Wildman–Crippen LogP) is 3.85. The molecule has 0 spiro atoms.